The average Bonchev–Trinajstić information content (AvgIpc) is 2.86. The molecule has 1 amide bonds. The molecule has 4 rings (SSSR count). The number of likely N-dealkylation sites (tertiary alicyclic amines) is 1. The van der Waals surface area contributed by atoms with Crippen LogP contribution in [0.3, 0.4) is 0 Å². The summed E-state index contributed by atoms with van der Waals surface area (Å²) >= 11 is 0. The Hall–Kier alpha value is -2.77. The molecule has 3 heterocycles. The summed E-state index contributed by atoms with van der Waals surface area (Å²) in [5, 5.41) is 0. The maximum atomic E-state index is 13.5. The first kappa shape index (κ1) is 16.7. The molecule has 5 nitrogen and oxygen atoms in total. The van der Waals surface area contributed by atoms with E-state index in [4.69, 9.17) is 0 Å². The Balaban J connectivity index is 1.66. The molecule has 1 saturated heterocycles. The highest BCUT2D eigenvalue weighted by Gasteiger charge is 2.29. The number of anilines is 2. The van der Waals surface area contributed by atoms with Gasteiger partial charge in [-0.3, -0.25) is 4.79 Å². The second kappa shape index (κ2) is 6.19. The second-order valence-electron chi connectivity index (χ2n) is 6.59. The van der Waals surface area contributed by atoms with Gasteiger partial charge in [0.05, 0.1) is 18.9 Å². The first-order valence-corrected chi connectivity index (χ1v) is 8.33. The summed E-state index contributed by atoms with van der Waals surface area (Å²) in [6, 6.07) is 3.60. The highest BCUT2D eigenvalue weighted by molar-refractivity contribution is 5.86. The summed E-state index contributed by atoms with van der Waals surface area (Å²) in [5.74, 6) is -3.26. The SMILES string of the molecule is CN1CN(CC(=O)N2CCC2)c2cc(-c3cc(F)c(F)c(F)c3)cnc21. The molecule has 26 heavy (non-hydrogen) atoms. The number of rotatable bonds is 3. The van der Waals surface area contributed by atoms with E-state index in [1.165, 1.54) is 6.20 Å². The molecule has 2 aromatic rings. The second-order valence-corrected chi connectivity index (χ2v) is 6.59. The van der Waals surface area contributed by atoms with E-state index in [1.54, 1.807) is 11.0 Å². The first-order chi connectivity index (χ1) is 12.4. The Kier molecular flexibility index (Phi) is 3.97. The molecule has 0 spiro atoms. The predicted molar refractivity (Wildman–Crippen MR) is 91.4 cm³/mol. The van der Waals surface area contributed by atoms with Gasteiger partial charge in [-0.1, -0.05) is 0 Å². The molecule has 0 saturated carbocycles. The molecule has 136 valence electrons. The normalized spacial score (nSPS) is 15.9. The molecule has 1 aromatic heterocycles. The summed E-state index contributed by atoms with van der Waals surface area (Å²) in [7, 11) is 1.86. The third-order valence-electron chi connectivity index (χ3n) is 4.78. The monoisotopic (exact) mass is 362 g/mol. The van der Waals surface area contributed by atoms with E-state index in [2.05, 4.69) is 4.98 Å². The van der Waals surface area contributed by atoms with Gasteiger partial charge in [-0.25, -0.2) is 18.2 Å². The zero-order valence-electron chi connectivity index (χ0n) is 14.2. The lowest BCUT2D eigenvalue weighted by Crippen LogP contribution is -2.47. The van der Waals surface area contributed by atoms with Crippen molar-refractivity contribution < 1.29 is 18.0 Å². The van der Waals surface area contributed by atoms with Crippen molar-refractivity contribution in [3.8, 4) is 11.1 Å². The molecule has 0 radical (unpaired) electrons. The van der Waals surface area contributed by atoms with E-state index in [1.807, 2.05) is 16.8 Å². The van der Waals surface area contributed by atoms with Gasteiger partial charge in [-0.05, 0) is 30.2 Å². The Bertz CT molecular complexity index is 862. The van der Waals surface area contributed by atoms with Gasteiger partial charge in [0.15, 0.2) is 23.3 Å². The molecular weight excluding hydrogens is 345 g/mol. The number of carbonyl (C=O) groups is 1. The molecule has 0 N–H and O–H groups in total. The minimum Gasteiger partial charge on any atom is -0.341 e. The van der Waals surface area contributed by atoms with Gasteiger partial charge < -0.3 is 14.7 Å². The van der Waals surface area contributed by atoms with Gasteiger partial charge in [0, 0.05) is 31.9 Å². The largest absolute Gasteiger partial charge is 0.341 e. The van der Waals surface area contributed by atoms with Crippen molar-refractivity contribution in [1.82, 2.24) is 9.88 Å². The van der Waals surface area contributed by atoms with Crippen molar-refractivity contribution in [3.05, 3.63) is 41.8 Å². The fourth-order valence-electron chi connectivity index (χ4n) is 3.22. The maximum absolute atomic E-state index is 13.5. The van der Waals surface area contributed by atoms with Crippen molar-refractivity contribution >= 4 is 17.4 Å². The topological polar surface area (TPSA) is 39.7 Å². The zero-order valence-corrected chi connectivity index (χ0v) is 14.2. The Morgan fingerprint density at radius 3 is 2.42 bits per heavy atom. The van der Waals surface area contributed by atoms with Crippen molar-refractivity contribution in [1.29, 1.82) is 0 Å². The molecule has 2 aliphatic heterocycles. The number of hydrogen-bond acceptors (Lipinski definition) is 4. The number of benzene rings is 1. The number of halogens is 3. The Morgan fingerprint density at radius 1 is 1.12 bits per heavy atom. The quantitative estimate of drug-likeness (QED) is 0.787. The predicted octanol–water partition coefficient (Wildman–Crippen LogP) is 2.61. The van der Waals surface area contributed by atoms with Crippen molar-refractivity contribution in [2.75, 3.05) is 43.2 Å². The summed E-state index contributed by atoms with van der Waals surface area (Å²) in [6.07, 6.45) is 2.51. The van der Waals surface area contributed by atoms with E-state index in [9.17, 15) is 18.0 Å². The average molecular weight is 362 g/mol. The van der Waals surface area contributed by atoms with Crippen LogP contribution in [0, 0.1) is 17.5 Å². The molecule has 0 atom stereocenters. The summed E-state index contributed by atoms with van der Waals surface area (Å²) in [6.45, 7) is 2.27. The molecule has 8 heteroatoms. The molecule has 1 aromatic carbocycles. The molecule has 0 unspecified atom stereocenters. The van der Waals surface area contributed by atoms with Crippen LogP contribution in [0.25, 0.3) is 11.1 Å². The van der Waals surface area contributed by atoms with Crippen LogP contribution in [0.2, 0.25) is 0 Å². The number of nitrogens with zero attached hydrogens (tertiary/aromatic N) is 4. The van der Waals surface area contributed by atoms with Gasteiger partial charge in [-0.2, -0.15) is 0 Å². The fourth-order valence-corrected chi connectivity index (χ4v) is 3.22. The highest BCUT2D eigenvalue weighted by atomic mass is 19.2. The molecule has 0 bridgehead atoms. The van der Waals surface area contributed by atoms with Gasteiger partial charge in [0.2, 0.25) is 5.91 Å². The number of pyridine rings is 1. The van der Waals surface area contributed by atoms with E-state index in [-0.39, 0.29) is 18.0 Å². The number of hydrogen-bond donors (Lipinski definition) is 0. The van der Waals surface area contributed by atoms with Crippen molar-refractivity contribution in [2.24, 2.45) is 0 Å². The highest BCUT2D eigenvalue weighted by Crippen LogP contribution is 2.36. The molecule has 2 aliphatic rings. The lowest BCUT2D eigenvalue weighted by molar-refractivity contribution is -0.133. The third-order valence-corrected chi connectivity index (χ3v) is 4.78. The molecular formula is C18H17F3N4O. The number of amides is 1. The van der Waals surface area contributed by atoms with Gasteiger partial charge in [-0.15, -0.1) is 0 Å². The minimum absolute atomic E-state index is 0.0433. The summed E-state index contributed by atoms with van der Waals surface area (Å²) < 4.78 is 40.3. The van der Waals surface area contributed by atoms with E-state index >= 15 is 0 Å². The first-order valence-electron chi connectivity index (χ1n) is 8.33. The van der Waals surface area contributed by atoms with Crippen LogP contribution in [-0.4, -0.2) is 49.1 Å². The minimum atomic E-state index is -1.50. The number of aromatic nitrogens is 1. The van der Waals surface area contributed by atoms with Gasteiger partial charge in [0.25, 0.3) is 0 Å². The Morgan fingerprint density at radius 2 is 1.81 bits per heavy atom. The van der Waals surface area contributed by atoms with E-state index < -0.39 is 17.5 Å². The van der Waals surface area contributed by atoms with Crippen LogP contribution in [0.5, 0.6) is 0 Å². The van der Waals surface area contributed by atoms with Crippen LogP contribution < -0.4 is 9.80 Å². The van der Waals surface area contributed by atoms with Crippen LogP contribution in [0.1, 0.15) is 6.42 Å². The van der Waals surface area contributed by atoms with Crippen LogP contribution >= 0.6 is 0 Å². The van der Waals surface area contributed by atoms with Gasteiger partial charge in [0.1, 0.15) is 0 Å². The van der Waals surface area contributed by atoms with Crippen LogP contribution in [0.15, 0.2) is 24.4 Å². The van der Waals surface area contributed by atoms with E-state index in [0.29, 0.717) is 23.7 Å². The third kappa shape index (κ3) is 2.75. The maximum Gasteiger partial charge on any atom is 0.242 e. The standard InChI is InChI=1S/C18H17F3N4O/c1-23-10-25(9-16(26)24-3-2-4-24)15-7-12(8-22-18(15)23)11-5-13(19)17(21)14(20)6-11/h5-8H,2-4,9-10H2,1H3. The smallest absolute Gasteiger partial charge is 0.242 e. The summed E-state index contributed by atoms with van der Waals surface area (Å²) in [4.78, 5) is 22.2. The molecule has 0 aliphatic carbocycles. The van der Waals surface area contributed by atoms with Crippen molar-refractivity contribution in [3.63, 3.8) is 0 Å². The Labute approximate surface area is 148 Å². The number of carbonyl (C=O) groups excluding carboxylic acids is 1. The van der Waals surface area contributed by atoms with Crippen LogP contribution in [0.4, 0.5) is 24.7 Å². The van der Waals surface area contributed by atoms with Gasteiger partial charge >= 0.3 is 0 Å². The van der Waals surface area contributed by atoms with Crippen molar-refractivity contribution in [2.45, 2.75) is 6.42 Å². The fraction of sp³-hybridized carbons (Fsp3) is 0.333. The van der Waals surface area contributed by atoms with E-state index in [0.717, 1.165) is 31.6 Å². The lowest BCUT2D eigenvalue weighted by Gasteiger charge is -2.32. The summed E-state index contributed by atoms with van der Waals surface area (Å²) in [5.41, 5.74) is 1.36. The molecule has 1 fully saturated rings. The zero-order chi connectivity index (χ0) is 18.4. The number of fused-ring (bicyclic) bond motifs is 1. The van der Waals surface area contributed by atoms with Crippen LogP contribution in [-0.2, 0) is 4.79 Å². The lowest BCUT2D eigenvalue weighted by atomic mass is 10.1.